The monoisotopic (exact) mass is 450 g/mol. The first kappa shape index (κ1) is 23.3. The molecular weight excluding hydrogens is 418 g/mol. The van der Waals surface area contributed by atoms with Gasteiger partial charge in [0.25, 0.3) is 0 Å². The third-order valence-corrected chi connectivity index (χ3v) is 9.26. The molecule has 32 heavy (non-hydrogen) atoms. The zero-order valence-corrected chi connectivity index (χ0v) is 19.3. The summed E-state index contributed by atoms with van der Waals surface area (Å²) in [5.74, 6) is -3.06. The molecule has 9 atom stereocenters. The molecular formula is C25H32F2O5. The fraction of sp³-hybridized carbons (Fsp3) is 0.720. The van der Waals surface area contributed by atoms with Crippen LogP contribution in [0.4, 0.5) is 8.78 Å². The van der Waals surface area contributed by atoms with E-state index in [2.05, 4.69) is 0 Å². The number of rotatable bonds is 3. The van der Waals surface area contributed by atoms with E-state index in [0.717, 1.165) is 6.08 Å². The van der Waals surface area contributed by atoms with E-state index in [1.807, 2.05) is 6.92 Å². The standard InChI is InChI=1S/C25H32F2O5/c1-6-21(31)32-25(14(3)28)13(2)9-16-17-11-19(26)18-10-15(29)7-8-22(18,4)24(17,27)20(30)12-23(16,25)5/h7-8,10,13,16-17,19-20,30H,6,9,11-12H2,1-5H3/t13-,16?,17?,19+,20?,22+,23+,24+,25+/m1/s1. The summed E-state index contributed by atoms with van der Waals surface area (Å²) in [5.41, 5.74) is -6.19. The van der Waals surface area contributed by atoms with Crippen molar-refractivity contribution in [3.63, 3.8) is 0 Å². The Morgan fingerprint density at radius 2 is 1.91 bits per heavy atom. The minimum absolute atomic E-state index is 0.0627. The van der Waals surface area contributed by atoms with Crippen molar-refractivity contribution in [1.29, 1.82) is 0 Å². The van der Waals surface area contributed by atoms with Crippen molar-refractivity contribution < 1.29 is 33.0 Å². The fourth-order valence-electron chi connectivity index (χ4n) is 7.81. The van der Waals surface area contributed by atoms with Gasteiger partial charge in [-0.2, -0.15) is 0 Å². The van der Waals surface area contributed by atoms with Crippen LogP contribution < -0.4 is 0 Å². The van der Waals surface area contributed by atoms with Gasteiger partial charge in [0, 0.05) is 29.1 Å². The molecule has 5 nitrogen and oxygen atoms in total. The van der Waals surface area contributed by atoms with Gasteiger partial charge >= 0.3 is 5.97 Å². The van der Waals surface area contributed by atoms with E-state index in [1.165, 1.54) is 19.1 Å². The number of hydrogen-bond acceptors (Lipinski definition) is 5. The van der Waals surface area contributed by atoms with Gasteiger partial charge in [0.05, 0.1) is 6.10 Å². The van der Waals surface area contributed by atoms with E-state index >= 15 is 8.78 Å². The summed E-state index contributed by atoms with van der Waals surface area (Å²) < 4.78 is 38.4. The summed E-state index contributed by atoms with van der Waals surface area (Å²) in [7, 11) is 0. The van der Waals surface area contributed by atoms with Crippen LogP contribution in [0.2, 0.25) is 0 Å². The molecule has 0 bridgehead atoms. The van der Waals surface area contributed by atoms with Gasteiger partial charge in [-0.25, -0.2) is 8.78 Å². The van der Waals surface area contributed by atoms with Gasteiger partial charge in [-0.15, -0.1) is 0 Å². The Morgan fingerprint density at radius 3 is 2.50 bits per heavy atom. The van der Waals surface area contributed by atoms with Crippen LogP contribution in [-0.4, -0.2) is 46.2 Å². The maximum atomic E-state index is 17.1. The van der Waals surface area contributed by atoms with Gasteiger partial charge < -0.3 is 9.84 Å². The second-order valence-electron chi connectivity index (χ2n) is 10.6. The maximum Gasteiger partial charge on any atom is 0.306 e. The number of aliphatic hydroxyl groups is 1. The van der Waals surface area contributed by atoms with Crippen LogP contribution in [0.15, 0.2) is 23.8 Å². The number of alkyl halides is 2. The molecule has 7 heteroatoms. The van der Waals surface area contributed by atoms with Crippen molar-refractivity contribution in [1.82, 2.24) is 0 Å². The number of aliphatic hydroxyl groups excluding tert-OH is 1. The molecule has 0 aromatic carbocycles. The highest BCUT2D eigenvalue weighted by Gasteiger charge is 2.77. The number of carbonyl (C=O) groups excluding carboxylic acids is 3. The Labute approximate surface area is 187 Å². The Bertz CT molecular complexity index is 943. The van der Waals surface area contributed by atoms with Crippen LogP contribution in [0.1, 0.15) is 60.3 Å². The largest absolute Gasteiger partial charge is 0.450 e. The first-order valence-corrected chi connectivity index (χ1v) is 11.5. The van der Waals surface area contributed by atoms with E-state index in [1.54, 1.807) is 20.8 Å². The van der Waals surface area contributed by atoms with Gasteiger partial charge in [0.1, 0.15) is 6.17 Å². The van der Waals surface area contributed by atoms with Crippen LogP contribution in [0.3, 0.4) is 0 Å². The summed E-state index contributed by atoms with van der Waals surface area (Å²) in [6, 6.07) is 0. The molecule has 0 heterocycles. The van der Waals surface area contributed by atoms with E-state index < -0.39 is 63.9 Å². The Kier molecular flexibility index (Phi) is 5.13. The quantitative estimate of drug-likeness (QED) is 0.661. The Hall–Kier alpha value is -1.89. The number of hydrogen-bond donors (Lipinski definition) is 1. The summed E-state index contributed by atoms with van der Waals surface area (Å²) in [4.78, 5) is 37.3. The lowest BCUT2D eigenvalue weighted by molar-refractivity contribution is -0.230. The topological polar surface area (TPSA) is 80.7 Å². The number of carbonyl (C=O) groups is 3. The Balaban J connectivity index is 1.87. The second-order valence-corrected chi connectivity index (χ2v) is 10.6. The van der Waals surface area contributed by atoms with Crippen LogP contribution in [0.5, 0.6) is 0 Å². The highest BCUT2D eigenvalue weighted by molar-refractivity contribution is 6.01. The smallest absolute Gasteiger partial charge is 0.306 e. The number of esters is 1. The highest BCUT2D eigenvalue weighted by Crippen LogP contribution is 2.71. The number of ether oxygens (including phenoxy) is 1. The molecule has 3 unspecified atom stereocenters. The van der Waals surface area contributed by atoms with E-state index in [0.29, 0.717) is 6.42 Å². The molecule has 176 valence electrons. The van der Waals surface area contributed by atoms with Gasteiger partial charge in [-0.05, 0) is 56.8 Å². The minimum Gasteiger partial charge on any atom is -0.450 e. The van der Waals surface area contributed by atoms with Crippen LogP contribution in [-0.2, 0) is 19.1 Å². The number of allylic oxidation sites excluding steroid dienone is 4. The molecule has 0 aliphatic heterocycles. The maximum absolute atomic E-state index is 17.1. The minimum atomic E-state index is -2.22. The predicted molar refractivity (Wildman–Crippen MR) is 113 cm³/mol. The van der Waals surface area contributed by atoms with Crippen molar-refractivity contribution in [2.24, 2.45) is 28.6 Å². The molecule has 0 radical (unpaired) electrons. The molecule has 4 aliphatic rings. The van der Waals surface area contributed by atoms with Crippen molar-refractivity contribution in [2.75, 3.05) is 0 Å². The van der Waals surface area contributed by atoms with Gasteiger partial charge in [0.2, 0.25) is 0 Å². The predicted octanol–water partition coefficient (Wildman–Crippen LogP) is 3.83. The summed E-state index contributed by atoms with van der Waals surface area (Å²) in [5, 5.41) is 11.3. The van der Waals surface area contributed by atoms with Crippen molar-refractivity contribution in [3.05, 3.63) is 23.8 Å². The van der Waals surface area contributed by atoms with Crippen molar-refractivity contribution in [2.45, 2.75) is 83.8 Å². The molecule has 4 aliphatic carbocycles. The summed E-state index contributed by atoms with van der Waals surface area (Å²) in [6.45, 7) is 8.13. The van der Waals surface area contributed by atoms with E-state index in [4.69, 9.17) is 4.74 Å². The normalized spacial score (nSPS) is 49.6. The third-order valence-electron chi connectivity index (χ3n) is 9.26. The number of halogens is 2. The molecule has 3 saturated carbocycles. The zero-order chi connectivity index (χ0) is 23.9. The Morgan fingerprint density at radius 1 is 1.25 bits per heavy atom. The molecule has 0 spiro atoms. The summed E-state index contributed by atoms with van der Waals surface area (Å²) in [6.07, 6.45) is 0.869. The average Bonchev–Trinajstić information content (AvgIpc) is 2.93. The van der Waals surface area contributed by atoms with Crippen LogP contribution >= 0.6 is 0 Å². The van der Waals surface area contributed by atoms with Crippen LogP contribution in [0.25, 0.3) is 0 Å². The molecule has 0 aromatic rings. The average molecular weight is 451 g/mol. The number of Topliss-reactive ketones (excluding diaryl/α,β-unsaturated/α-hetero) is 1. The zero-order valence-electron chi connectivity index (χ0n) is 19.3. The first-order valence-electron chi connectivity index (χ1n) is 11.5. The van der Waals surface area contributed by atoms with E-state index in [9.17, 15) is 19.5 Å². The highest BCUT2D eigenvalue weighted by atomic mass is 19.1. The molecule has 3 fully saturated rings. The fourth-order valence-corrected chi connectivity index (χ4v) is 7.81. The SMILES string of the molecule is CCC(=O)O[C@]1(C(C)=O)[C@H](C)CC2C3C[C@H](F)C4=CC(=O)C=C[C@]4(C)[C@@]3(F)C(O)C[C@@]21C. The molecule has 0 aromatic heterocycles. The molecule has 0 saturated heterocycles. The lowest BCUT2D eigenvalue weighted by atomic mass is 9.44. The molecule has 1 N–H and O–H groups in total. The van der Waals surface area contributed by atoms with Crippen molar-refractivity contribution >= 4 is 17.5 Å². The molecule has 4 rings (SSSR count). The first-order chi connectivity index (χ1) is 14.8. The van der Waals surface area contributed by atoms with Crippen LogP contribution in [0, 0.1) is 28.6 Å². The lowest BCUT2D eigenvalue weighted by Gasteiger charge is -2.63. The van der Waals surface area contributed by atoms with Gasteiger partial charge in [-0.3, -0.25) is 14.4 Å². The second kappa shape index (κ2) is 7.05. The van der Waals surface area contributed by atoms with E-state index in [-0.39, 0.29) is 30.6 Å². The number of ketones is 2. The summed E-state index contributed by atoms with van der Waals surface area (Å²) >= 11 is 0. The van der Waals surface area contributed by atoms with Gasteiger partial charge in [0.15, 0.2) is 22.8 Å². The molecule has 0 amide bonds. The van der Waals surface area contributed by atoms with Crippen molar-refractivity contribution in [3.8, 4) is 0 Å². The van der Waals surface area contributed by atoms with Gasteiger partial charge in [-0.1, -0.05) is 26.8 Å². The third kappa shape index (κ3) is 2.54. The lowest BCUT2D eigenvalue weighted by Crippen LogP contribution is -2.70. The number of fused-ring (bicyclic) bond motifs is 5.